The lowest BCUT2D eigenvalue weighted by Crippen LogP contribution is -2.48. The molecule has 2 atom stereocenters. The third kappa shape index (κ3) is 6.22. The van der Waals surface area contributed by atoms with Crippen molar-refractivity contribution in [3.63, 3.8) is 0 Å². The van der Waals surface area contributed by atoms with E-state index in [1.54, 1.807) is 27.8 Å². The Morgan fingerprint density at radius 2 is 1.70 bits per heavy atom. The topological polar surface area (TPSA) is 76.4 Å². The molecule has 10 heteroatoms. The fourth-order valence-electron chi connectivity index (χ4n) is 4.84. The number of thiazole rings is 1. The summed E-state index contributed by atoms with van der Waals surface area (Å²) in [4.78, 5) is 8.50. The first-order valence-corrected chi connectivity index (χ1v) is 15.1. The van der Waals surface area contributed by atoms with Crippen LogP contribution in [0, 0.1) is 0 Å². The van der Waals surface area contributed by atoms with Crippen LogP contribution in [0.15, 0.2) is 69.9 Å². The standard InChI is InChI=1S/C27H34N4O4S2/c1-21-18-30(19-22(2)35-21)37(32,33)25-10-6-7-23(17-25)26-20-36-27(28-24-8-4-3-5-9-24)31(26)12-11-29-13-15-34-16-14-29/h3-10,17,20-22H,11-16,18-19H2,1-2H3. The molecular weight excluding hydrogens is 508 g/mol. The second-order valence-corrected chi connectivity index (χ2v) is 12.3. The Bertz CT molecular complexity index is 1350. The molecule has 198 valence electrons. The highest BCUT2D eigenvalue weighted by Crippen LogP contribution is 2.27. The summed E-state index contributed by atoms with van der Waals surface area (Å²) in [6.07, 6.45) is -0.272. The van der Waals surface area contributed by atoms with E-state index >= 15 is 0 Å². The van der Waals surface area contributed by atoms with E-state index in [-0.39, 0.29) is 12.2 Å². The molecule has 3 aromatic rings. The van der Waals surface area contributed by atoms with Crippen LogP contribution in [0.3, 0.4) is 0 Å². The predicted molar refractivity (Wildman–Crippen MR) is 145 cm³/mol. The first kappa shape index (κ1) is 26.3. The third-order valence-corrected chi connectivity index (χ3v) is 9.37. The van der Waals surface area contributed by atoms with E-state index in [2.05, 4.69) is 14.8 Å². The van der Waals surface area contributed by atoms with Gasteiger partial charge in [-0.1, -0.05) is 30.3 Å². The molecule has 2 unspecified atom stereocenters. The normalized spacial score (nSPS) is 22.4. The summed E-state index contributed by atoms with van der Waals surface area (Å²) < 4.78 is 42.1. The van der Waals surface area contributed by atoms with Crippen LogP contribution in [0.2, 0.25) is 0 Å². The van der Waals surface area contributed by atoms with Crippen LogP contribution in [0.25, 0.3) is 11.3 Å². The SMILES string of the molecule is CC1CN(S(=O)(=O)c2cccc(-c3csc(=Nc4ccccc4)n3CCN3CCOCC3)c2)CC(C)O1. The highest BCUT2D eigenvalue weighted by Gasteiger charge is 2.32. The summed E-state index contributed by atoms with van der Waals surface area (Å²) in [5, 5.41) is 2.08. The van der Waals surface area contributed by atoms with Crippen LogP contribution in [0.1, 0.15) is 13.8 Å². The van der Waals surface area contributed by atoms with Gasteiger partial charge in [0.2, 0.25) is 10.0 Å². The lowest BCUT2D eigenvalue weighted by Gasteiger charge is -2.34. The zero-order chi connectivity index (χ0) is 25.8. The second-order valence-electron chi connectivity index (χ2n) is 9.56. The van der Waals surface area contributed by atoms with E-state index in [4.69, 9.17) is 14.5 Å². The first-order valence-electron chi connectivity index (χ1n) is 12.7. The van der Waals surface area contributed by atoms with Crippen molar-refractivity contribution in [3.8, 4) is 11.3 Å². The number of para-hydroxylation sites is 1. The van der Waals surface area contributed by atoms with Crippen molar-refractivity contribution in [3.05, 3.63) is 64.8 Å². The molecule has 2 saturated heterocycles. The zero-order valence-electron chi connectivity index (χ0n) is 21.3. The molecule has 0 radical (unpaired) electrons. The highest BCUT2D eigenvalue weighted by molar-refractivity contribution is 7.89. The second kappa shape index (κ2) is 11.6. The molecular formula is C27H34N4O4S2. The van der Waals surface area contributed by atoms with Gasteiger partial charge in [-0.2, -0.15) is 4.31 Å². The van der Waals surface area contributed by atoms with E-state index < -0.39 is 10.0 Å². The van der Waals surface area contributed by atoms with Gasteiger partial charge in [0.1, 0.15) is 0 Å². The number of ether oxygens (including phenoxy) is 2. The molecule has 2 aliphatic heterocycles. The van der Waals surface area contributed by atoms with Crippen molar-refractivity contribution in [2.45, 2.75) is 37.5 Å². The van der Waals surface area contributed by atoms with Gasteiger partial charge < -0.3 is 14.0 Å². The fourth-order valence-corrected chi connectivity index (χ4v) is 7.43. The Kier molecular flexibility index (Phi) is 8.23. The smallest absolute Gasteiger partial charge is 0.243 e. The number of hydrogen-bond acceptors (Lipinski definition) is 7. The van der Waals surface area contributed by atoms with Crippen LogP contribution in [-0.4, -0.2) is 80.3 Å². The molecule has 37 heavy (non-hydrogen) atoms. The van der Waals surface area contributed by atoms with E-state index in [1.807, 2.05) is 56.3 Å². The molecule has 0 aliphatic carbocycles. The van der Waals surface area contributed by atoms with Gasteiger partial charge in [0, 0.05) is 50.2 Å². The van der Waals surface area contributed by atoms with Crippen molar-refractivity contribution in [1.82, 2.24) is 13.8 Å². The molecule has 5 rings (SSSR count). The van der Waals surface area contributed by atoms with Crippen LogP contribution < -0.4 is 4.80 Å². The van der Waals surface area contributed by atoms with E-state index in [9.17, 15) is 8.42 Å². The minimum absolute atomic E-state index is 0.136. The average molecular weight is 543 g/mol. The van der Waals surface area contributed by atoms with Crippen LogP contribution in [-0.2, 0) is 26.0 Å². The molecule has 0 amide bonds. The van der Waals surface area contributed by atoms with Gasteiger partial charge in [-0.15, -0.1) is 11.3 Å². The molecule has 0 bridgehead atoms. The van der Waals surface area contributed by atoms with Crippen LogP contribution >= 0.6 is 11.3 Å². The monoisotopic (exact) mass is 542 g/mol. The quantitative estimate of drug-likeness (QED) is 0.456. The largest absolute Gasteiger partial charge is 0.379 e. The number of morpholine rings is 2. The molecule has 1 aromatic heterocycles. The highest BCUT2D eigenvalue weighted by atomic mass is 32.2. The molecule has 0 spiro atoms. The zero-order valence-corrected chi connectivity index (χ0v) is 23.0. The van der Waals surface area contributed by atoms with Gasteiger partial charge in [0.15, 0.2) is 4.80 Å². The van der Waals surface area contributed by atoms with Crippen LogP contribution in [0.5, 0.6) is 0 Å². The Balaban J connectivity index is 1.49. The predicted octanol–water partition coefficient (Wildman–Crippen LogP) is 3.58. The summed E-state index contributed by atoms with van der Waals surface area (Å²) in [5.74, 6) is 0. The fraction of sp³-hybridized carbons (Fsp3) is 0.444. The molecule has 0 saturated carbocycles. The Hall–Kier alpha value is -2.34. The number of rotatable bonds is 7. The number of sulfonamides is 1. The summed E-state index contributed by atoms with van der Waals surface area (Å²) >= 11 is 1.57. The minimum Gasteiger partial charge on any atom is -0.379 e. The van der Waals surface area contributed by atoms with Crippen molar-refractivity contribution >= 4 is 27.0 Å². The van der Waals surface area contributed by atoms with Crippen molar-refractivity contribution < 1.29 is 17.9 Å². The van der Waals surface area contributed by atoms with Gasteiger partial charge in [-0.05, 0) is 38.1 Å². The molecule has 8 nitrogen and oxygen atoms in total. The molecule has 2 fully saturated rings. The Morgan fingerprint density at radius 1 is 0.973 bits per heavy atom. The summed E-state index contributed by atoms with van der Waals surface area (Å²) in [6.45, 7) is 9.48. The van der Waals surface area contributed by atoms with Gasteiger partial charge in [-0.3, -0.25) is 4.90 Å². The maximum atomic E-state index is 13.6. The third-order valence-electron chi connectivity index (χ3n) is 6.68. The lowest BCUT2D eigenvalue weighted by atomic mass is 10.2. The molecule has 3 heterocycles. The first-order chi connectivity index (χ1) is 17.9. The Labute approximate surface area is 222 Å². The molecule has 2 aromatic carbocycles. The average Bonchev–Trinajstić information content (AvgIpc) is 3.30. The molecule has 2 aliphatic rings. The Morgan fingerprint density at radius 3 is 2.43 bits per heavy atom. The van der Waals surface area contributed by atoms with E-state index in [0.717, 1.165) is 61.1 Å². The number of aromatic nitrogens is 1. The van der Waals surface area contributed by atoms with E-state index in [0.29, 0.717) is 18.0 Å². The van der Waals surface area contributed by atoms with Gasteiger partial charge >= 0.3 is 0 Å². The van der Waals surface area contributed by atoms with Crippen molar-refractivity contribution in [1.29, 1.82) is 0 Å². The summed E-state index contributed by atoms with van der Waals surface area (Å²) in [6, 6.07) is 17.2. The number of hydrogen-bond donors (Lipinski definition) is 0. The number of nitrogens with zero attached hydrogens (tertiary/aromatic N) is 4. The van der Waals surface area contributed by atoms with Gasteiger partial charge in [0.25, 0.3) is 0 Å². The van der Waals surface area contributed by atoms with Crippen molar-refractivity contribution in [2.75, 3.05) is 45.9 Å². The minimum atomic E-state index is -3.64. The van der Waals surface area contributed by atoms with Crippen molar-refractivity contribution in [2.24, 2.45) is 4.99 Å². The lowest BCUT2D eigenvalue weighted by molar-refractivity contribution is -0.0440. The summed E-state index contributed by atoms with van der Waals surface area (Å²) in [7, 11) is -3.64. The summed E-state index contributed by atoms with van der Waals surface area (Å²) in [5.41, 5.74) is 2.72. The van der Waals surface area contributed by atoms with Crippen LogP contribution in [0.4, 0.5) is 5.69 Å². The maximum absolute atomic E-state index is 13.6. The van der Waals surface area contributed by atoms with Gasteiger partial charge in [-0.25, -0.2) is 13.4 Å². The van der Waals surface area contributed by atoms with Gasteiger partial charge in [0.05, 0.1) is 41.7 Å². The number of benzene rings is 2. The maximum Gasteiger partial charge on any atom is 0.243 e. The van der Waals surface area contributed by atoms with E-state index in [1.165, 1.54) is 0 Å². The molecule has 0 N–H and O–H groups in total.